The molecule has 0 bridgehead atoms. The summed E-state index contributed by atoms with van der Waals surface area (Å²) >= 11 is 12.6. The van der Waals surface area contributed by atoms with Gasteiger partial charge >= 0.3 is 0 Å². The van der Waals surface area contributed by atoms with E-state index in [1.807, 2.05) is 20.0 Å². The molecule has 0 spiro atoms. The zero-order chi connectivity index (χ0) is 23.8. The van der Waals surface area contributed by atoms with Gasteiger partial charge in [-0.2, -0.15) is 0 Å². The third kappa shape index (κ3) is 12.3. The zero-order valence-corrected chi connectivity index (χ0v) is 21.3. The number of halogens is 2. The van der Waals surface area contributed by atoms with Crippen molar-refractivity contribution in [3.8, 4) is 0 Å². The van der Waals surface area contributed by atoms with Gasteiger partial charge in [-0.05, 0) is 42.2 Å². The van der Waals surface area contributed by atoms with E-state index in [1.54, 1.807) is 6.07 Å². The van der Waals surface area contributed by atoms with Crippen molar-refractivity contribution in [2.45, 2.75) is 26.8 Å². The van der Waals surface area contributed by atoms with E-state index in [9.17, 15) is 0 Å². The van der Waals surface area contributed by atoms with Gasteiger partial charge in [-0.1, -0.05) is 48.9 Å². The average Bonchev–Trinajstić information content (AvgIpc) is 2.75. The van der Waals surface area contributed by atoms with Crippen LogP contribution in [0.25, 0.3) is 0 Å². The lowest BCUT2D eigenvalue weighted by Gasteiger charge is -2.33. The number of benzene rings is 1. The summed E-state index contributed by atoms with van der Waals surface area (Å²) in [5, 5.41) is 5.70. The summed E-state index contributed by atoms with van der Waals surface area (Å²) in [6.45, 7) is 14.2. The van der Waals surface area contributed by atoms with Crippen LogP contribution in [0.5, 0.6) is 0 Å². The van der Waals surface area contributed by atoms with Crippen molar-refractivity contribution < 1.29 is 14.2 Å². The molecule has 0 atom stereocenters. The Balaban J connectivity index is 2.56. The number of allylic oxidation sites excluding steroid dienone is 1. The molecule has 0 unspecified atom stereocenters. The molecule has 0 saturated heterocycles. The second-order valence-electron chi connectivity index (χ2n) is 7.48. The van der Waals surface area contributed by atoms with E-state index in [0.717, 1.165) is 29.7 Å². The Morgan fingerprint density at radius 1 is 1.06 bits per heavy atom. The summed E-state index contributed by atoms with van der Waals surface area (Å²) in [5.74, 6) is 0. The van der Waals surface area contributed by atoms with E-state index in [2.05, 4.69) is 35.7 Å². The largest absolute Gasteiger partial charge is 0.378 e. The molecule has 0 aliphatic carbocycles. The van der Waals surface area contributed by atoms with Crippen LogP contribution in [-0.2, 0) is 20.8 Å². The fourth-order valence-corrected chi connectivity index (χ4v) is 3.65. The van der Waals surface area contributed by atoms with Gasteiger partial charge in [0.15, 0.2) is 0 Å². The lowest BCUT2D eigenvalue weighted by atomic mass is 10.1. The number of hydrogen-bond donors (Lipinski definition) is 1. The highest BCUT2D eigenvalue weighted by Crippen LogP contribution is 2.26. The third-order valence-electron chi connectivity index (χ3n) is 4.73. The van der Waals surface area contributed by atoms with Crippen molar-refractivity contribution >= 4 is 23.2 Å². The van der Waals surface area contributed by atoms with Crippen LogP contribution >= 0.6 is 23.2 Å². The van der Waals surface area contributed by atoms with Crippen molar-refractivity contribution in [2.75, 3.05) is 66.3 Å². The molecule has 6 nitrogen and oxygen atoms in total. The lowest BCUT2D eigenvalue weighted by molar-refractivity contribution is -0.0330. The standard InChI is InChI=1S/C24H39Cl2N3O3/c1-5-6-7-20(2)18-29(9-11-31-13-15-32-14-12-30-10-8-27)28(4)19-23-21(3)16-22(25)17-24(23)26/h6-7,16-17H,2,5,8-15,18-19,27H2,1,3-4H3/b7-6-. The molecule has 0 saturated carbocycles. The fraction of sp³-hybridized carbons (Fsp3) is 0.583. The monoisotopic (exact) mass is 487 g/mol. The van der Waals surface area contributed by atoms with Gasteiger partial charge in [-0.3, -0.25) is 0 Å². The molecule has 0 fully saturated rings. The predicted molar refractivity (Wildman–Crippen MR) is 134 cm³/mol. The van der Waals surface area contributed by atoms with Crippen LogP contribution in [0.4, 0.5) is 0 Å². The number of hydrogen-bond acceptors (Lipinski definition) is 6. The summed E-state index contributed by atoms with van der Waals surface area (Å²) in [5.41, 5.74) is 8.55. The van der Waals surface area contributed by atoms with Gasteiger partial charge in [0.25, 0.3) is 0 Å². The van der Waals surface area contributed by atoms with Crippen LogP contribution in [0.15, 0.2) is 36.4 Å². The molecule has 1 aromatic carbocycles. The van der Waals surface area contributed by atoms with Gasteiger partial charge in [0, 0.05) is 43.3 Å². The van der Waals surface area contributed by atoms with E-state index in [4.69, 9.17) is 43.1 Å². The molecule has 182 valence electrons. The Hall–Kier alpha value is -0.960. The molecule has 32 heavy (non-hydrogen) atoms. The molecule has 0 radical (unpaired) electrons. The van der Waals surface area contributed by atoms with Crippen LogP contribution in [-0.4, -0.2) is 76.3 Å². The van der Waals surface area contributed by atoms with Crippen molar-refractivity contribution in [3.63, 3.8) is 0 Å². The summed E-state index contributed by atoms with van der Waals surface area (Å²) in [6, 6.07) is 3.73. The van der Waals surface area contributed by atoms with Gasteiger partial charge in [-0.15, -0.1) is 0 Å². The van der Waals surface area contributed by atoms with Crippen molar-refractivity contribution in [1.29, 1.82) is 0 Å². The molecule has 1 rings (SSSR count). The van der Waals surface area contributed by atoms with E-state index >= 15 is 0 Å². The number of rotatable bonds is 18. The van der Waals surface area contributed by atoms with Gasteiger partial charge in [0.1, 0.15) is 0 Å². The van der Waals surface area contributed by atoms with E-state index < -0.39 is 0 Å². The van der Waals surface area contributed by atoms with E-state index in [1.165, 1.54) is 0 Å². The maximum atomic E-state index is 6.46. The first-order valence-corrected chi connectivity index (χ1v) is 11.8. The van der Waals surface area contributed by atoms with Gasteiger partial charge in [0.05, 0.1) is 39.6 Å². The Morgan fingerprint density at radius 3 is 2.28 bits per heavy atom. The first-order chi connectivity index (χ1) is 15.4. The lowest BCUT2D eigenvalue weighted by Crippen LogP contribution is -2.42. The second kappa shape index (κ2) is 17.5. The van der Waals surface area contributed by atoms with Crippen molar-refractivity contribution in [3.05, 3.63) is 57.6 Å². The van der Waals surface area contributed by atoms with Crippen LogP contribution in [0.3, 0.4) is 0 Å². The number of ether oxygens (including phenoxy) is 3. The zero-order valence-electron chi connectivity index (χ0n) is 19.7. The molecule has 8 heteroatoms. The highest BCUT2D eigenvalue weighted by atomic mass is 35.5. The van der Waals surface area contributed by atoms with Crippen molar-refractivity contribution in [2.24, 2.45) is 5.73 Å². The Bertz CT molecular complexity index is 678. The highest BCUT2D eigenvalue weighted by molar-refractivity contribution is 6.35. The minimum Gasteiger partial charge on any atom is -0.378 e. The molecule has 0 heterocycles. The fourth-order valence-electron chi connectivity index (χ4n) is 3.00. The number of aryl methyl sites for hydroxylation is 1. The summed E-state index contributed by atoms with van der Waals surface area (Å²) in [4.78, 5) is 0. The van der Waals surface area contributed by atoms with Crippen LogP contribution in [0.1, 0.15) is 24.5 Å². The van der Waals surface area contributed by atoms with E-state index in [-0.39, 0.29) is 0 Å². The number of nitrogens with zero attached hydrogens (tertiary/aromatic N) is 2. The number of nitrogens with two attached hydrogens (primary N) is 1. The molecule has 0 aromatic heterocycles. The minimum atomic E-state index is 0.526. The van der Waals surface area contributed by atoms with Crippen LogP contribution < -0.4 is 5.73 Å². The molecule has 0 amide bonds. The average molecular weight is 489 g/mol. The van der Waals surface area contributed by atoms with E-state index in [0.29, 0.717) is 69.3 Å². The van der Waals surface area contributed by atoms with Gasteiger partial charge in [0.2, 0.25) is 0 Å². The third-order valence-corrected chi connectivity index (χ3v) is 5.28. The SMILES string of the molecule is C=C(/C=C\CC)CN(CCOCCOCCOCCN)N(C)Cc1c(C)cc(Cl)cc1Cl. The Labute approximate surface area is 203 Å². The Kier molecular flexibility index (Phi) is 15.9. The first-order valence-electron chi connectivity index (χ1n) is 11.1. The molecular formula is C24H39Cl2N3O3. The maximum absolute atomic E-state index is 6.46. The smallest absolute Gasteiger partial charge is 0.0701 e. The van der Waals surface area contributed by atoms with Crippen molar-refractivity contribution in [1.82, 2.24) is 10.0 Å². The maximum Gasteiger partial charge on any atom is 0.0701 e. The molecule has 0 aliphatic rings. The molecular weight excluding hydrogens is 449 g/mol. The quantitative estimate of drug-likeness (QED) is 0.187. The molecule has 0 aliphatic heterocycles. The molecule has 1 aromatic rings. The predicted octanol–water partition coefficient (Wildman–Crippen LogP) is 4.48. The van der Waals surface area contributed by atoms with Crippen LogP contribution in [0.2, 0.25) is 10.0 Å². The first kappa shape index (κ1) is 29.1. The topological polar surface area (TPSA) is 60.2 Å². The normalized spacial score (nSPS) is 11.9. The van der Waals surface area contributed by atoms with Crippen LogP contribution in [0, 0.1) is 6.92 Å². The summed E-state index contributed by atoms with van der Waals surface area (Å²) in [7, 11) is 2.05. The Morgan fingerprint density at radius 2 is 1.69 bits per heavy atom. The van der Waals surface area contributed by atoms with Gasteiger partial charge < -0.3 is 19.9 Å². The molecule has 2 N–H and O–H groups in total. The summed E-state index contributed by atoms with van der Waals surface area (Å²) < 4.78 is 16.5. The number of hydrazine groups is 1. The highest BCUT2D eigenvalue weighted by Gasteiger charge is 2.16. The summed E-state index contributed by atoms with van der Waals surface area (Å²) in [6.07, 6.45) is 5.17. The second-order valence-corrected chi connectivity index (χ2v) is 8.33. The van der Waals surface area contributed by atoms with Gasteiger partial charge in [-0.25, -0.2) is 10.0 Å². The minimum absolute atomic E-state index is 0.526.